The van der Waals surface area contributed by atoms with Crippen molar-refractivity contribution in [3.8, 4) is 34.8 Å². The van der Waals surface area contributed by atoms with Crippen molar-refractivity contribution in [3.05, 3.63) is 24.5 Å². The molecule has 0 atom stereocenters. The first-order chi connectivity index (χ1) is 8.43. The Labute approximate surface area is 140 Å². The Balaban J connectivity index is -0.000000270. The van der Waals surface area contributed by atoms with Crippen molar-refractivity contribution in [3.63, 3.8) is 0 Å². The minimum absolute atomic E-state index is 0. The fraction of sp³-hybridized carbons (Fsp3) is 0. The molecule has 0 saturated heterocycles. The third kappa shape index (κ3) is 6.92. The van der Waals surface area contributed by atoms with Crippen molar-refractivity contribution >= 4 is 40.5 Å². The van der Waals surface area contributed by atoms with Crippen LogP contribution in [0.15, 0.2) is 24.5 Å². The fourth-order valence-corrected chi connectivity index (χ4v) is 0.866. The fourth-order valence-electron chi connectivity index (χ4n) is 0.866. The van der Waals surface area contributed by atoms with E-state index < -0.39 is 23.3 Å². The van der Waals surface area contributed by atoms with Crippen molar-refractivity contribution in [2.24, 2.45) is 0 Å². The Hall–Kier alpha value is -1.85. The molecular formula is C10H10N2O6S3. The zero-order valence-electron chi connectivity index (χ0n) is 10.1. The average molecular weight is 350 g/mol. The van der Waals surface area contributed by atoms with E-state index in [1.165, 1.54) is 24.5 Å². The van der Waals surface area contributed by atoms with Crippen LogP contribution in [0.2, 0.25) is 0 Å². The average Bonchev–Trinajstić information content (AvgIpc) is 2.34. The lowest BCUT2D eigenvalue weighted by Gasteiger charge is -1.95. The molecule has 0 aliphatic carbocycles. The number of rotatable bonds is 0. The van der Waals surface area contributed by atoms with Crippen molar-refractivity contribution in [2.45, 2.75) is 0 Å². The van der Waals surface area contributed by atoms with E-state index in [2.05, 4.69) is 9.97 Å². The van der Waals surface area contributed by atoms with Crippen molar-refractivity contribution in [1.82, 2.24) is 9.97 Å². The molecule has 6 N–H and O–H groups in total. The van der Waals surface area contributed by atoms with Crippen molar-refractivity contribution < 1.29 is 30.6 Å². The lowest BCUT2D eigenvalue weighted by atomic mass is 10.4. The molecule has 114 valence electrons. The zero-order chi connectivity index (χ0) is 13.7. The highest BCUT2D eigenvalue weighted by atomic mass is 32.1. The van der Waals surface area contributed by atoms with Gasteiger partial charge in [-0.1, -0.05) is 0 Å². The molecule has 8 nitrogen and oxygen atoms in total. The van der Waals surface area contributed by atoms with E-state index in [0.717, 1.165) is 0 Å². The van der Waals surface area contributed by atoms with Crippen LogP contribution in [0.5, 0.6) is 34.8 Å². The number of aromatic nitrogens is 2. The van der Waals surface area contributed by atoms with Gasteiger partial charge in [-0.15, -0.1) is 0 Å². The summed E-state index contributed by atoms with van der Waals surface area (Å²) in [5.41, 5.74) is 0. The quantitative estimate of drug-likeness (QED) is 0.424. The van der Waals surface area contributed by atoms with E-state index in [9.17, 15) is 0 Å². The lowest BCUT2D eigenvalue weighted by molar-refractivity contribution is 0.357. The summed E-state index contributed by atoms with van der Waals surface area (Å²) in [5.74, 6) is -3.04. The monoisotopic (exact) mass is 350 g/mol. The first kappa shape index (κ1) is 24.2. The molecule has 2 rings (SSSR count). The summed E-state index contributed by atoms with van der Waals surface area (Å²) < 4.78 is 0. The molecular weight excluding hydrogens is 340 g/mol. The van der Waals surface area contributed by atoms with E-state index in [0.29, 0.717) is 0 Å². The molecule has 11 heteroatoms. The van der Waals surface area contributed by atoms with Crippen LogP contribution in [0, 0.1) is 0 Å². The third-order valence-electron chi connectivity index (χ3n) is 1.77. The number of nitrogens with zero attached hydrogens (tertiary/aromatic N) is 2. The van der Waals surface area contributed by atoms with Gasteiger partial charge in [-0.2, -0.15) is 0 Å². The summed E-state index contributed by atoms with van der Waals surface area (Å²) >= 11 is 0. The normalized spacial score (nSPS) is 8.00. The Morgan fingerprint density at radius 1 is 0.571 bits per heavy atom. The molecule has 0 aliphatic rings. The summed E-state index contributed by atoms with van der Waals surface area (Å²) in [7, 11) is 0. The number of pyridine rings is 2. The number of aromatic hydroxyl groups is 6. The molecule has 0 spiro atoms. The second-order valence-electron chi connectivity index (χ2n) is 3.00. The highest BCUT2D eigenvalue weighted by Crippen LogP contribution is 2.31. The van der Waals surface area contributed by atoms with Gasteiger partial charge in [-0.05, 0) is 0 Å². The van der Waals surface area contributed by atoms with Gasteiger partial charge in [0.25, 0.3) is 11.8 Å². The molecule has 0 aliphatic heterocycles. The maximum Gasteiger partial charge on any atom is 0.258 e. The smallest absolute Gasteiger partial charge is 0.258 e. The van der Waals surface area contributed by atoms with Crippen LogP contribution in [0.25, 0.3) is 0 Å². The van der Waals surface area contributed by atoms with Gasteiger partial charge in [0.1, 0.15) is 0 Å². The molecule has 2 heterocycles. The van der Waals surface area contributed by atoms with Crippen LogP contribution in [-0.2, 0) is 0 Å². The Kier molecular flexibility index (Phi) is 12.5. The predicted octanol–water partition coefficient (Wildman–Crippen LogP) is 2.34. The number of hydrogen-bond acceptors (Lipinski definition) is 8. The summed E-state index contributed by atoms with van der Waals surface area (Å²) in [6, 6.07) is 2.35. The second-order valence-corrected chi connectivity index (χ2v) is 3.00. The predicted molar refractivity (Wildman–Crippen MR) is 81.2 cm³/mol. The summed E-state index contributed by atoms with van der Waals surface area (Å²) in [6.07, 6.45) is 2.37. The first-order valence-corrected chi connectivity index (χ1v) is 4.55. The lowest BCUT2D eigenvalue weighted by Crippen LogP contribution is -1.73. The van der Waals surface area contributed by atoms with Gasteiger partial charge in [0.15, 0.2) is 11.5 Å². The van der Waals surface area contributed by atoms with Gasteiger partial charge in [-0.3, -0.25) is 0 Å². The third-order valence-corrected chi connectivity index (χ3v) is 1.77. The maximum atomic E-state index is 8.65. The molecule has 2 aromatic heterocycles. The molecule has 0 amide bonds. The van der Waals surface area contributed by atoms with Gasteiger partial charge in [-0.25, -0.2) is 9.97 Å². The Morgan fingerprint density at radius 3 is 1.05 bits per heavy atom. The molecule has 6 radical (unpaired) electrons. The maximum absolute atomic E-state index is 8.65. The van der Waals surface area contributed by atoms with Crippen LogP contribution in [0.4, 0.5) is 0 Å². The van der Waals surface area contributed by atoms with Crippen LogP contribution in [-0.4, -0.2) is 40.6 Å². The summed E-state index contributed by atoms with van der Waals surface area (Å²) in [6.45, 7) is 0. The van der Waals surface area contributed by atoms with E-state index >= 15 is 0 Å². The van der Waals surface area contributed by atoms with E-state index in [4.69, 9.17) is 30.6 Å². The SMILES string of the molecule is Oc1ccnc(O)c1O.Oc1ccnc(O)c1O.[S].[S].[S]. The van der Waals surface area contributed by atoms with Crippen LogP contribution in [0.3, 0.4) is 0 Å². The van der Waals surface area contributed by atoms with Crippen LogP contribution >= 0.6 is 40.5 Å². The number of hydrogen-bond donors (Lipinski definition) is 6. The van der Waals surface area contributed by atoms with Gasteiger partial charge >= 0.3 is 0 Å². The highest BCUT2D eigenvalue weighted by Gasteiger charge is 2.03. The summed E-state index contributed by atoms with van der Waals surface area (Å²) in [4.78, 5) is 6.57. The minimum atomic E-state index is -0.586. The largest absolute Gasteiger partial charge is 0.504 e. The minimum Gasteiger partial charge on any atom is -0.504 e. The molecule has 21 heavy (non-hydrogen) atoms. The molecule has 2 aromatic rings. The van der Waals surface area contributed by atoms with Crippen molar-refractivity contribution in [1.29, 1.82) is 0 Å². The summed E-state index contributed by atoms with van der Waals surface area (Å²) in [5, 5.41) is 51.7. The van der Waals surface area contributed by atoms with Gasteiger partial charge in [0, 0.05) is 65.0 Å². The molecule has 0 bridgehead atoms. The Bertz CT molecular complexity index is 468. The van der Waals surface area contributed by atoms with Gasteiger partial charge in [0.2, 0.25) is 11.5 Å². The van der Waals surface area contributed by atoms with E-state index in [1.54, 1.807) is 0 Å². The van der Waals surface area contributed by atoms with Gasteiger partial charge < -0.3 is 30.6 Å². The molecule has 0 aromatic carbocycles. The highest BCUT2D eigenvalue weighted by molar-refractivity contribution is 7.59. The van der Waals surface area contributed by atoms with Gasteiger partial charge in [0.05, 0.1) is 0 Å². The zero-order valence-corrected chi connectivity index (χ0v) is 12.6. The molecule has 0 fully saturated rings. The van der Waals surface area contributed by atoms with Crippen molar-refractivity contribution in [2.75, 3.05) is 0 Å². The van der Waals surface area contributed by atoms with Crippen LogP contribution < -0.4 is 0 Å². The standard InChI is InChI=1S/2C5H5NO3.3S/c2*7-3-1-2-6-5(9)4(3)8;;;/h2*1-2,8H,(H2,6,7,9);;;. The molecule has 0 saturated carbocycles. The van der Waals surface area contributed by atoms with Crippen LogP contribution in [0.1, 0.15) is 0 Å². The Morgan fingerprint density at radius 2 is 0.857 bits per heavy atom. The van der Waals surface area contributed by atoms with E-state index in [-0.39, 0.29) is 52.0 Å². The topological polar surface area (TPSA) is 147 Å². The van der Waals surface area contributed by atoms with E-state index in [1.807, 2.05) is 0 Å². The first-order valence-electron chi connectivity index (χ1n) is 4.55. The second kappa shape index (κ2) is 10.9. The molecule has 0 unspecified atom stereocenters.